The average molecular weight is 452 g/mol. The minimum Gasteiger partial charge on any atom is -0.439 e. The van der Waals surface area contributed by atoms with Gasteiger partial charge in [-0.2, -0.15) is 0 Å². The highest BCUT2D eigenvalue weighted by Crippen LogP contribution is 2.51. The summed E-state index contributed by atoms with van der Waals surface area (Å²) in [5.74, 6) is -0.321. The number of pyridine rings is 1. The van der Waals surface area contributed by atoms with E-state index in [2.05, 4.69) is 72.7 Å². The van der Waals surface area contributed by atoms with Gasteiger partial charge in [0.05, 0.1) is 5.56 Å². The fourth-order valence-corrected chi connectivity index (χ4v) is 6.08. The Hall–Kier alpha value is -3.60. The lowest BCUT2D eigenvalue weighted by atomic mass is 9.79. The number of para-hydroxylation sites is 1. The zero-order chi connectivity index (χ0) is 23.4. The summed E-state index contributed by atoms with van der Waals surface area (Å²) in [6.07, 6.45) is 4.22. The number of fused-ring (bicyclic) bond motifs is 2. The molecule has 1 atom stereocenters. The number of cyclic esters (lactones) is 1. The predicted octanol–water partition coefficient (Wildman–Crippen LogP) is 5.74. The summed E-state index contributed by atoms with van der Waals surface area (Å²) in [6, 6.07) is 18.6. The van der Waals surface area contributed by atoms with Crippen LogP contribution in [0.3, 0.4) is 0 Å². The molecule has 0 amide bonds. The number of benzene rings is 2. The molecule has 172 valence electrons. The number of rotatable bonds is 4. The Kier molecular flexibility index (Phi) is 4.76. The first-order valence-corrected chi connectivity index (χ1v) is 12.2. The molecule has 34 heavy (non-hydrogen) atoms. The van der Waals surface area contributed by atoms with Crippen LogP contribution in [-0.2, 0) is 16.9 Å². The Bertz CT molecular complexity index is 1430. The molecule has 1 saturated heterocycles. The van der Waals surface area contributed by atoms with Gasteiger partial charge in [-0.1, -0.05) is 24.3 Å². The molecule has 4 aromatic rings. The highest BCUT2D eigenvalue weighted by Gasteiger charge is 2.53. The van der Waals surface area contributed by atoms with E-state index < -0.39 is 5.60 Å². The van der Waals surface area contributed by atoms with Crippen LogP contribution >= 0.6 is 0 Å². The van der Waals surface area contributed by atoms with Crippen LogP contribution in [0, 0.1) is 13.8 Å². The summed E-state index contributed by atoms with van der Waals surface area (Å²) < 4.78 is 8.76. The first kappa shape index (κ1) is 21.0. The van der Waals surface area contributed by atoms with E-state index >= 15 is 0 Å². The lowest BCUT2D eigenvalue weighted by Gasteiger charge is -2.32. The first-order valence-electron chi connectivity index (χ1n) is 12.2. The normalized spacial score (nSPS) is 19.6. The molecule has 6 rings (SSSR count). The molecular formula is C29H29N3O2. The number of hydrogen-bond acceptors (Lipinski definition) is 4. The van der Waals surface area contributed by atoms with Crippen LogP contribution < -0.4 is 4.90 Å². The predicted molar refractivity (Wildman–Crippen MR) is 135 cm³/mol. The highest BCUT2D eigenvalue weighted by molar-refractivity contribution is 5.98. The topological polar surface area (TPSA) is 47.4 Å². The Morgan fingerprint density at radius 2 is 1.82 bits per heavy atom. The number of ether oxygens (including phenoxy) is 1. The summed E-state index contributed by atoms with van der Waals surface area (Å²) in [4.78, 5) is 20.5. The fourth-order valence-electron chi connectivity index (χ4n) is 6.08. The van der Waals surface area contributed by atoms with Crippen LogP contribution in [0.25, 0.3) is 10.9 Å². The van der Waals surface area contributed by atoms with Gasteiger partial charge in [0.25, 0.3) is 0 Å². The maximum absolute atomic E-state index is 13.3. The Balaban J connectivity index is 1.68. The number of carbonyl (C=O) groups excluding carboxylic acids is 1. The average Bonchev–Trinajstić information content (AvgIpc) is 3.55. The van der Waals surface area contributed by atoms with Crippen LogP contribution in [0.2, 0.25) is 0 Å². The minimum atomic E-state index is -1.09. The van der Waals surface area contributed by atoms with Crippen molar-refractivity contribution in [1.29, 1.82) is 0 Å². The van der Waals surface area contributed by atoms with Gasteiger partial charge in [0.1, 0.15) is 5.69 Å². The Morgan fingerprint density at radius 3 is 2.59 bits per heavy atom. The number of aryl methyl sites for hydroxylation is 2. The van der Waals surface area contributed by atoms with E-state index in [4.69, 9.17) is 9.72 Å². The quantitative estimate of drug-likeness (QED) is 0.372. The molecular weight excluding hydrogens is 422 g/mol. The molecule has 0 aliphatic carbocycles. The van der Waals surface area contributed by atoms with Gasteiger partial charge in [-0.05, 0) is 69.5 Å². The van der Waals surface area contributed by atoms with Crippen LogP contribution in [0.4, 0.5) is 5.69 Å². The number of nitrogens with zero attached hydrogens (tertiary/aromatic N) is 3. The molecule has 0 spiro atoms. The molecule has 5 heteroatoms. The third-order valence-electron chi connectivity index (χ3n) is 7.57. The SMILES string of the molecule is CCn1c(C)c(C2(c3ccc(N4CCCC4)cc3C)OC(=O)c3cccnc32)c2ccccc21. The van der Waals surface area contributed by atoms with Gasteiger partial charge in [-0.3, -0.25) is 4.98 Å². The second kappa shape index (κ2) is 7.73. The molecule has 0 bridgehead atoms. The maximum atomic E-state index is 13.3. The number of carbonyl (C=O) groups is 1. The van der Waals surface area contributed by atoms with Crippen molar-refractivity contribution in [2.45, 2.75) is 45.8 Å². The van der Waals surface area contributed by atoms with Gasteiger partial charge in [0.15, 0.2) is 0 Å². The third kappa shape index (κ3) is 2.79. The number of hydrogen-bond donors (Lipinski definition) is 0. The van der Waals surface area contributed by atoms with Gasteiger partial charge >= 0.3 is 5.97 Å². The van der Waals surface area contributed by atoms with Crippen molar-refractivity contribution < 1.29 is 9.53 Å². The lowest BCUT2D eigenvalue weighted by molar-refractivity contribution is 0.0244. The number of anilines is 1. The molecule has 1 fully saturated rings. The van der Waals surface area contributed by atoms with Crippen molar-refractivity contribution in [1.82, 2.24) is 9.55 Å². The van der Waals surface area contributed by atoms with Crippen molar-refractivity contribution >= 4 is 22.6 Å². The van der Waals surface area contributed by atoms with Crippen molar-refractivity contribution in [3.05, 3.63) is 94.4 Å². The fraction of sp³-hybridized carbons (Fsp3) is 0.310. The zero-order valence-corrected chi connectivity index (χ0v) is 20.0. The van der Waals surface area contributed by atoms with Crippen LogP contribution in [0.1, 0.15) is 58.2 Å². The zero-order valence-electron chi connectivity index (χ0n) is 20.0. The second-order valence-electron chi connectivity index (χ2n) is 9.39. The van der Waals surface area contributed by atoms with Gasteiger partial charge in [-0.25, -0.2) is 4.79 Å². The van der Waals surface area contributed by atoms with Crippen LogP contribution in [0.5, 0.6) is 0 Å². The number of aromatic nitrogens is 2. The maximum Gasteiger partial charge on any atom is 0.341 e. The van der Waals surface area contributed by atoms with Gasteiger partial charge in [0, 0.05) is 59.2 Å². The molecule has 0 N–H and O–H groups in total. The second-order valence-corrected chi connectivity index (χ2v) is 9.39. The molecule has 2 aromatic heterocycles. The van der Waals surface area contributed by atoms with E-state index in [0.29, 0.717) is 11.3 Å². The van der Waals surface area contributed by atoms with Crippen molar-refractivity contribution in [3.63, 3.8) is 0 Å². The van der Waals surface area contributed by atoms with Crippen molar-refractivity contribution in [2.24, 2.45) is 0 Å². The Labute approximate surface area is 200 Å². The largest absolute Gasteiger partial charge is 0.439 e. The molecule has 0 saturated carbocycles. The molecule has 2 aliphatic rings. The van der Waals surface area contributed by atoms with Gasteiger partial charge < -0.3 is 14.2 Å². The molecule has 2 aliphatic heterocycles. The lowest BCUT2D eigenvalue weighted by Crippen LogP contribution is -2.32. The molecule has 5 nitrogen and oxygen atoms in total. The van der Waals surface area contributed by atoms with E-state index in [1.807, 2.05) is 12.1 Å². The summed E-state index contributed by atoms with van der Waals surface area (Å²) in [7, 11) is 0. The molecule has 2 aromatic carbocycles. The highest BCUT2D eigenvalue weighted by atomic mass is 16.6. The molecule has 0 radical (unpaired) electrons. The molecule has 4 heterocycles. The Morgan fingerprint density at radius 1 is 1.03 bits per heavy atom. The summed E-state index contributed by atoms with van der Waals surface area (Å²) in [6.45, 7) is 9.42. The summed E-state index contributed by atoms with van der Waals surface area (Å²) in [5, 5.41) is 1.09. The third-order valence-corrected chi connectivity index (χ3v) is 7.57. The van der Waals surface area contributed by atoms with Gasteiger partial charge in [0.2, 0.25) is 5.60 Å². The van der Waals surface area contributed by atoms with Crippen LogP contribution in [0.15, 0.2) is 60.8 Å². The number of esters is 1. The first-order chi connectivity index (χ1) is 16.6. The van der Waals surface area contributed by atoms with Crippen molar-refractivity contribution in [3.8, 4) is 0 Å². The molecule has 1 unspecified atom stereocenters. The smallest absolute Gasteiger partial charge is 0.341 e. The minimum absolute atomic E-state index is 0.321. The van der Waals surface area contributed by atoms with E-state index in [0.717, 1.165) is 52.9 Å². The monoisotopic (exact) mass is 451 g/mol. The van der Waals surface area contributed by atoms with E-state index in [1.54, 1.807) is 6.20 Å². The van der Waals surface area contributed by atoms with E-state index in [9.17, 15) is 4.79 Å². The summed E-state index contributed by atoms with van der Waals surface area (Å²) >= 11 is 0. The van der Waals surface area contributed by atoms with E-state index in [1.165, 1.54) is 18.5 Å². The summed E-state index contributed by atoms with van der Waals surface area (Å²) in [5.41, 5.74) is 6.68. The standard InChI is InChI=1S/C29H29N3O2/c1-4-32-20(3)26(22-10-5-6-12-25(22)32)29(27-23(28(33)34-29)11-9-15-30-27)24-14-13-21(18-19(24)2)31-16-7-8-17-31/h5-6,9-15,18H,4,7-8,16-17H2,1-3H3. The van der Waals surface area contributed by atoms with Crippen molar-refractivity contribution in [2.75, 3.05) is 18.0 Å². The van der Waals surface area contributed by atoms with Gasteiger partial charge in [-0.15, -0.1) is 0 Å². The van der Waals surface area contributed by atoms with E-state index in [-0.39, 0.29) is 5.97 Å². The van der Waals surface area contributed by atoms with Crippen LogP contribution in [-0.4, -0.2) is 28.6 Å².